The van der Waals surface area contributed by atoms with Gasteiger partial charge in [-0.3, -0.25) is 4.68 Å². The summed E-state index contributed by atoms with van der Waals surface area (Å²) < 4.78 is 29.1. The van der Waals surface area contributed by atoms with Crippen molar-refractivity contribution < 1.29 is 8.78 Å². The molecule has 1 heterocycles. The fourth-order valence-electron chi connectivity index (χ4n) is 3.12. The van der Waals surface area contributed by atoms with Gasteiger partial charge < -0.3 is 5.32 Å². The number of aromatic nitrogens is 2. The summed E-state index contributed by atoms with van der Waals surface area (Å²) >= 11 is 0. The van der Waals surface area contributed by atoms with Gasteiger partial charge in [-0.1, -0.05) is 0 Å². The third-order valence-electron chi connectivity index (χ3n) is 4.25. The van der Waals surface area contributed by atoms with Gasteiger partial charge in [-0.15, -0.1) is 0 Å². The molecule has 0 spiro atoms. The van der Waals surface area contributed by atoms with Gasteiger partial charge in [0.15, 0.2) is 0 Å². The number of hydrogen-bond donors (Lipinski definition) is 1. The van der Waals surface area contributed by atoms with E-state index >= 15 is 0 Å². The number of nitrogens with zero attached hydrogens (tertiary/aromatic N) is 2. The number of rotatable bonds is 3. The molecule has 0 aliphatic heterocycles. The first-order chi connectivity index (χ1) is 10.1. The van der Waals surface area contributed by atoms with Crippen LogP contribution in [0, 0.1) is 11.6 Å². The maximum absolute atomic E-state index is 13.9. The van der Waals surface area contributed by atoms with Crippen molar-refractivity contribution in [1.29, 1.82) is 0 Å². The lowest BCUT2D eigenvalue weighted by Gasteiger charge is -2.27. The smallest absolute Gasteiger partial charge is 0.128 e. The SMILES string of the molecule is CC(NC1CCCc2c1cnn2C)c1cc(F)ccc1F. The first kappa shape index (κ1) is 14.2. The Kier molecular flexibility index (Phi) is 3.76. The molecule has 1 aromatic heterocycles. The Morgan fingerprint density at radius 3 is 3.00 bits per heavy atom. The van der Waals surface area contributed by atoms with Crippen molar-refractivity contribution in [2.24, 2.45) is 7.05 Å². The van der Waals surface area contributed by atoms with Crippen LogP contribution in [0.5, 0.6) is 0 Å². The third-order valence-corrected chi connectivity index (χ3v) is 4.25. The molecule has 0 saturated carbocycles. The predicted molar refractivity (Wildman–Crippen MR) is 76.8 cm³/mol. The molecule has 3 nitrogen and oxygen atoms in total. The van der Waals surface area contributed by atoms with E-state index in [1.54, 1.807) is 0 Å². The average Bonchev–Trinajstić information content (AvgIpc) is 2.84. The van der Waals surface area contributed by atoms with Gasteiger partial charge in [0.2, 0.25) is 0 Å². The van der Waals surface area contributed by atoms with Gasteiger partial charge in [-0.05, 0) is 44.4 Å². The van der Waals surface area contributed by atoms with Gasteiger partial charge in [0.05, 0.1) is 6.20 Å². The van der Waals surface area contributed by atoms with Crippen molar-refractivity contribution in [3.8, 4) is 0 Å². The van der Waals surface area contributed by atoms with Crippen molar-refractivity contribution in [2.45, 2.75) is 38.3 Å². The lowest BCUT2D eigenvalue weighted by atomic mass is 9.92. The summed E-state index contributed by atoms with van der Waals surface area (Å²) in [7, 11) is 1.94. The highest BCUT2D eigenvalue weighted by atomic mass is 19.1. The molecule has 2 unspecified atom stereocenters. The van der Waals surface area contributed by atoms with Gasteiger partial charge in [0.25, 0.3) is 0 Å². The molecule has 1 aliphatic rings. The number of hydrogen-bond acceptors (Lipinski definition) is 2. The zero-order valence-corrected chi connectivity index (χ0v) is 12.2. The minimum absolute atomic E-state index is 0.139. The zero-order chi connectivity index (χ0) is 15.0. The molecule has 1 N–H and O–H groups in total. The van der Waals surface area contributed by atoms with Crippen LogP contribution < -0.4 is 5.32 Å². The summed E-state index contributed by atoms with van der Waals surface area (Å²) in [6.45, 7) is 1.86. The molecule has 0 saturated heterocycles. The van der Waals surface area contributed by atoms with Gasteiger partial charge in [0, 0.05) is 36.0 Å². The Hall–Kier alpha value is -1.75. The van der Waals surface area contributed by atoms with Crippen molar-refractivity contribution in [3.63, 3.8) is 0 Å². The van der Waals surface area contributed by atoms with Crippen LogP contribution in [0.3, 0.4) is 0 Å². The van der Waals surface area contributed by atoms with Crippen LogP contribution in [-0.2, 0) is 13.5 Å². The van der Waals surface area contributed by atoms with E-state index in [1.807, 2.05) is 24.9 Å². The topological polar surface area (TPSA) is 29.9 Å². The normalized spacial score (nSPS) is 19.3. The molecular formula is C16H19F2N3. The van der Waals surface area contributed by atoms with Gasteiger partial charge in [-0.2, -0.15) is 5.10 Å². The van der Waals surface area contributed by atoms with Crippen LogP contribution >= 0.6 is 0 Å². The number of nitrogens with one attached hydrogen (secondary N) is 1. The molecule has 3 rings (SSSR count). The zero-order valence-electron chi connectivity index (χ0n) is 12.2. The van der Waals surface area contributed by atoms with Gasteiger partial charge in [0.1, 0.15) is 11.6 Å². The standard InChI is InChI=1S/C16H19F2N3/c1-10(12-8-11(17)6-7-14(12)18)20-15-4-3-5-16-13(15)9-19-21(16)2/h6-10,15,20H,3-5H2,1-2H3. The number of aryl methyl sites for hydroxylation is 1. The predicted octanol–water partition coefficient (Wildman–Crippen LogP) is 3.43. The van der Waals surface area contributed by atoms with Crippen molar-refractivity contribution in [2.75, 3.05) is 0 Å². The molecule has 21 heavy (non-hydrogen) atoms. The lowest BCUT2D eigenvalue weighted by Crippen LogP contribution is -2.28. The molecule has 1 aliphatic carbocycles. The molecule has 112 valence electrons. The van der Waals surface area contributed by atoms with E-state index in [9.17, 15) is 8.78 Å². The molecule has 0 amide bonds. The first-order valence-corrected chi connectivity index (χ1v) is 7.28. The second-order valence-electron chi connectivity index (χ2n) is 5.67. The highest BCUT2D eigenvalue weighted by molar-refractivity contribution is 5.27. The quantitative estimate of drug-likeness (QED) is 0.939. The van der Waals surface area contributed by atoms with Gasteiger partial charge in [-0.25, -0.2) is 8.78 Å². The summed E-state index contributed by atoms with van der Waals surface area (Å²) in [5.74, 6) is -0.788. The minimum atomic E-state index is -0.411. The molecule has 5 heteroatoms. The van der Waals surface area contributed by atoms with Crippen molar-refractivity contribution in [1.82, 2.24) is 15.1 Å². The van der Waals surface area contributed by atoms with E-state index in [0.717, 1.165) is 25.3 Å². The molecule has 2 aromatic rings. The molecule has 0 radical (unpaired) electrons. The number of fused-ring (bicyclic) bond motifs is 1. The Bertz CT molecular complexity index is 651. The summed E-state index contributed by atoms with van der Waals surface area (Å²) in [6, 6.07) is 3.47. The van der Waals surface area contributed by atoms with Crippen LogP contribution in [0.2, 0.25) is 0 Å². The Labute approximate surface area is 123 Å². The van der Waals surface area contributed by atoms with E-state index in [-0.39, 0.29) is 17.9 Å². The number of benzene rings is 1. The van der Waals surface area contributed by atoms with E-state index in [0.29, 0.717) is 5.56 Å². The van der Waals surface area contributed by atoms with E-state index in [1.165, 1.54) is 23.4 Å². The largest absolute Gasteiger partial charge is 0.303 e. The highest BCUT2D eigenvalue weighted by Gasteiger charge is 2.25. The monoisotopic (exact) mass is 291 g/mol. The fourth-order valence-corrected chi connectivity index (χ4v) is 3.12. The second-order valence-corrected chi connectivity index (χ2v) is 5.67. The van der Waals surface area contributed by atoms with Gasteiger partial charge >= 0.3 is 0 Å². The highest BCUT2D eigenvalue weighted by Crippen LogP contribution is 2.31. The van der Waals surface area contributed by atoms with Crippen LogP contribution in [0.25, 0.3) is 0 Å². The van der Waals surface area contributed by atoms with Crippen LogP contribution in [0.4, 0.5) is 8.78 Å². The van der Waals surface area contributed by atoms with E-state index in [4.69, 9.17) is 0 Å². The molecular weight excluding hydrogens is 272 g/mol. The van der Waals surface area contributed by atoms with E-state index in [2.05, 4.69) is 10.4 Å². The lowest BCUT2D eigenvalue weighted by molar-refractivity contribution is 0.402. The second kappa shape index (κ2) is 5.56. The van der Waals surface area contributed by atoms with E-state index < -0.39 is 5.82 Å². The molecule has 0 bridgehead atoms. The van der Waals surface area contributed by atoms with Crippen LogP contribution in [-0.4, -0.2) is 9.78 Å². The maximum Gasteiger partial charge on any atom is 0.128 e. The van der Waals surface area contributed by atoms with Crippen molar-refractivity contribution in [3.05, 3.63) is 52.9 Å². The Morgan fingerprint density at radius 1 is 1.38 bits per heavy atom. The summed E-state index contributed by atoms with van der Waals surface area (Å²) in [5.41, 5.74) is 2.77. The fraction of sp³-hybridized carbons (Fsp3) is 0.438. The first-order valence-electron chi connectivity index (χ1n) is 7.28. The Morgan fingerprint density at radius 2 is 2.19 bits per heavy atom. The average molecular weight is 291 g/mol. The maximum atomic E-state index is 13.9. The summed E-state index contributed by atoms with van der Waals surface area (Å²) in [5, 5.41) is 7.72. The third kappa shape index (κ3) is 2.70. The number of halogens is 2. The van der Waals surface area contributed by atoms with Crippen molar-refractivity contribution >= 4 is 0 Å². The molecule has 2 atom stereocenters. The summed E-state index contributed by atoms with van der Waals surface area (Å²) in [4.78, 5) is 0. The summed E-state index contributed by atoms with van der Waals surface area (Å²) in [6.07, 6.45) is 4.95. The minimum Gasteiger partial charge on any atom is -0.303 e. The molecule has 0 fully saturated rings. The van der Waals surface area contributed by atoms with Crippen LogP contribution in [0.15, 0.2) is 24.4 Å². The Balaban J connectivity index is 1.82. The van der Waals surface area contributed by atoms with Crippen LogP contribution in [0.1, 0.15) is 48.7 Å². The molecule has 1 aromatic carbocycles.